The smallest absolute Gasteiger partial charge is 0.353 e. The van der Waals surface area contributed by atoms with Crippen molar-refractivity contribution in [1.29, 1.82) is 0 Å². The first kappa shape index (κ1) is 22.5. The molecule has 0 saturated carbocycles. The summed E-state index contributed by atoms with van der Waals surface area (Å²) < 4.78 is 6.49. The Labute approximate surface area is 206 Å². The van der Waals surface area contributed by atoms with Crippen molar-refractivity contribution in [2.45, 2.75) is 14.7 Å². The second-order valence-electron chi connectivity index (χ2n) is 7.96. The van der Waals surface area contributed by atoms with Gasteiger partial charge in [0.1, 0.15) is 11.3 Å². The van der Waals surface area contributed by atoms with Gasteiger partial charge in [-0.25, -0.2) is 4.79 Å². The third kappa shape index (κ3) is 4.44. The van der Waals surface area contributed by atoms with Gasteiger partial charge >= 0.3 is 5.97 Å². The molecule has 0 unspecified atom stereocenters. The molecule has 0 aliphatic heterocycles. The Hall–Kier alpha value is -4.28. The first-order valence-electron chi connectivity index (χ1n) is 11.3. The maximum atomic E-state index is 13.5. The fourth-order valence-corrected chi connectivity index (χ4v) is 7.07. The Morgan fingerprint density at radius 3 is 1.49 bits per heavy atom. The van der Waals surface area contributed by atoms with Crippen LogP contribution in [0.2, 0.25) is 0 Å². The zero-order chi connectivity index (χ0) is 24.1. The standard InChI is InChI=1S/C31H24O3S/c32-30-19-11-10-18-29(30)31(33)34-35(26-14-6-2-7-15-26,27-16-8-3-9-17-27)28-22-20-25(21-23-28)24-12-4-1-5-13-24/h1-23,32H. The van der Waals surface area contributed by atoms with E-state index in [1.807, 2.05) is 91.0 Å². The number of carbonyl (C=O) groups excluding carboxylic acids is 1. The van der Waals surface area contributed by atoms with Gasteiger partial charge in [0.25, 0.3) is 0 Å². The van der Waals surface area contributed by atoms with E-state index in [4.69, 9.17) is 4.18 Å². The predicted molar refractivity (Wildman–Crippen MR) is 141 cm³/mol. The molecule has 0 spiro atoms. The summed E-state index contributed by atoms with van der Waals surface area (Å²) in [6.07, 6.45) is 0. The minimum absolute atomic E-state index is 0.105. The van der Waals surface area contributed by atoms with Crippen LogP contribution in [0.1, 0.15) is 10.4 Å². The van der Waals surface area contributed by atoms with Crippen LogP contribution in [0.15, 0.2) is 154 Å². The average Bonchev–Trinajstić information content (AvgIpc) is 2.93. The molecule has 5 aromatic carbocycles. The lowest BCUT2D eigenvalue weighted by Gasteiger charge is -2.39. The molecule has 4 heteroatoms. The summed E-state index contributed by atoms with van der Waals surface area (Å²) >= 11 is 0. The van der Waals surface area contributed by atoms with Crippen molar-refractivity contribution in [2.75, 3.05) is 0 Å². The molecular formula is C31H24O3S. The van der Waals surface area contributed by atoms with Crippen molar-refractivity contribution in [2.24, 2.45) is 0 Å². The first-order chi connectivity index (χ1) is 17.2. The lowest BCUT2D eigenvalue weighted by Crippen LogP contribution is -2.14. The summed E-state index contributed by atoms with van der Waals surface area (Å²) in [5.74, 6) is -0.677. The molecule has 0 aliphatic rings. The second-order valence-corrected chi connectivity index (χ2v) is 10.7. The zero-order valence-corrected chi connectivity index (χ0v) is 19.8. The molecule has 5 rings (SSSR count). The predicted octanol–water partition coefficient (Wildman–Crippen LogP) is 8.11. The number of phenolic OH excluding ortho intramolecular Hbond substituents is 1. The van der Waals surface area contributed by atoms with Gasteiger partial charge in [0.05, 0.1) is 0 Å². The van der Waals surface area contributed by atoms with E-state index < -0.39 is 16.3 Å². The third-order valence-electron chi connectivity index (χ3n) is 5.77. The highest BCUT2D eigenvalue weighted by Gasteiger charge is 2.36. The van der Waals surface area contributed by atoms with Gasteiger partial charge in [-0.15, -0.1) is 0 Å². The molecule has 0 radical (unpaired) electrons. The van der Waals surface area contributed by atoms with Crippen molar-refractivity contribution in [3.8, 4) is 16.9 Å². The van der Waals surface area contributed by atoms with E-state index in [-0.39, 0.29) is 11.3 Å². The van der Waals surface area contributed by atoms with E-state index in [0.717, 1.165) is 25.8 Å². The summed E-state index contributed by atoms with van der Waals surface area (Å²) in [6, 6.07) is 44.5. The molecule has 0 amide bonds. The van der Waals surface area contributed by atoms with Crippen molar-refractivity contribution in [1.82, 2.24) is 0 Å². The lowest BCUT2D eigenvalue weighted by molar-refractivity contribution is 0.0754. The van der Waals surface area contributed by atoms with Crippen LogP contribution in [-0.4, -0.2) is 11.1 Å². The van der Waals surface area contributed by atoms with Crippen LogP contribution in [0.25, 0.3) is 11.1 Å². The highest BCUT2D eigenvalue weighted by molar-refractivity contribution is 8.30. The number of benzene rings is 5. The molecule has 0 bridgehead atoms. The average molecular weight is 477 g/mol. The molecule has 1 N–H and O–H groups in total. The number of para-hydroxylation sites is 1. The molecule has 5 aromatic rings. The minimum Gasteiger partial charge on any atom is -0.507 e. The maximum absolute atomic E-state index is 13.5. The van der Waals surface area contributed by atoms with Crippen LogP contribution >= 0.6 is 10.3 Å². The fraction of sp³-hybridized carbons (Fsp3) is 0. The Morgan fingerprint density at radius 2 is 0.943 bits per heavy atom. The molecule has 172 valence electrons. The molecule has 35 heavy (non-hydrogen) atoms. The van der Waals surface area contributed by atoms with Gasteiger partial charge in [-0.3, -0.25) is 0 Å². The van der Waals surface area contributed by atoms with Gasteiger partial charge in [0, 0.05) is 14.7 Å². The van der Waals surface area contributed by atoms with Crippen LogP contribution < -0.4 is 0 Å². The molecule has 0 heterocycles. The van der Waals surface area contributed by atoms with E-state index in [1.54, 1.807) is 18.2 Å². The summed E-state index contributed by atoms with van der Waals surface area (Å²) in [5, 5.41) is 10.4. The molecule has 0 aromatic heterocycles. The zero-order valence-electron chi connectivity index (χ0n) is 19.0. The van der Waals surface area contributed by atoms with E-state index in [2.05, 4.69) is 24.3 Å². The minimum atomic E-state index is -2.46. The van der Waals surface area contributed by atoms with Gasteiger partial charge in [0.2, 0.25) is 0 Å². The van der Waals surface area contributed by atoms with Crippen molar-refractivity contribution >= 4 is 16.3 Å². The van der Waals surface area contributed by atoms with Gasteiger partial charge in [0.15, 0.2) is 0 Å². The Morgan fingerprint density at radius 1 is 0.514 bits per heavy atom. The summed E-state index contributed by atoms with van der Waals surface area (Å²) in [4.78, 5) is 16.2. The molecule has 0 saturated heterocycles. The summed E-state index contributed by atoms with van der Waals surface area (Å²) in [5.41, 5.74) is 2.33. The van der Waals surface area contributed by atoms with Crippen molar-refractivity contribution in [3.05, 3.63) is 145 Å². The SMILES string of the molecule is O=C(OS(c1ccccc1)(c1ccccc1)c1ccc(-c2ccccc2)cc1)c1ccccc1O. The van der Waals surface area contributed by atoms with E-state index in [1.165, 1.54) is 6.07 Å². The number of carbonyl (C=O) groups is 1. The summed E-state index contributed by atoms with van der Waals surface area (Å²) in [6.45, 7) is 0. The van der Waals surface area contributed by atoms with Gasteiger partial charge in [-0.2, -0.15) is 0 Å². The van der Waals surface area contributed by atoms with Gasteiger partial charge < -0.3 is 9.29 Å². The maximum Gasteiger partial charge on any atom is 0.353 e. The first-order valence-corrected chi connectivity index (χ1v) is 12.8. The third-order valence-corrected chi connectivity index (χ3v) is 8.98. The second kappa shape index (κ2) is 9.92. The van der Waals surface area contributed by atoms with Crippen LogP contribution in [0.3, 0.4) is 0 Å². The Balaban J connectivity index is 1.70. The quantitative estimate of drug-likeness (QED) is 0.269. The van der Waals surface area contributed by atoms with Crippen LogP contribution in [0.4, 0.5) is 0 Å². The van der Waals surface area contributed by atoms with Crippen LogP contribution in [0.5, 0.6) is 5.75 Å². The highest BCUT2D eigenvalue weighted by Crippen LogP contribution is 2.69. The summed E-state index contributed by atoms with van der Waals surface area (Å²) in [7, 11) is -2.46. The number of rotatable bonds is 6. The van der Waals surface area contributed by atoms with E-state index in [0.29, 0.717) is 0 Å². The van der Waals surface area contributed by atoms with Crippen molar-refractivity contribution < 1.29 is 14.1 Å². The van der Waals surface area contributed by atoms with Crippen LogP contribution in [-0.2, 0) is 4.18 Å². The van der Waals surface area contributed by atoms with E-state index in [9.17, 15) is 9.90 Å². The Bertz CT molecular complexity index is 1380. The fourth-order valence-electron chi connectivity index (χ4n) is 4.05. The Kier molecular flexibility index (Phi) is 6.38. The number of phenols is 1. The molecule has 3 nitrogen and oxygen atoms in total. The normalized spacial score (nSPS) is 11.5. The monoisotopic (exact) mass is 476 g/mol. The topological polar surface area (TPSA) is 46.5 Å². The number of aromatic hydroxyl groups is 1. The van der Waals surface area contributed by atoms with Crippen molar-refractivity contribution in [3.63, 3.8) is 0 Å². The van der Waals surface area contributed by atoms with Gasteiger partial charge in [-0.05, 0) is 70.0 Å². The number of hydrogen-bond donors (Lipinski definition) is 1. The number of hydrogen-bond acceptors (Lipinski definition) is 3. The van der Waals surface area contributed by atoms with Crippen LogP contribution in [0, 0.1) is 0 Å². The van der Waals surface area contributed by atoms with Gasteiger partial charge in [-0.1, -0.05) is 91.0 Å². The molecule has 0 atom stereocenters. The molecule has 0 aliphatic carbocycles. The highest BCUT2D eigenvalue weighted by atomic mass is 32.3. The molecular weight excluding hydrogens is 452 g/mol. The lowest BCUT2D eigenvalue weighted by atomic mass is 10.1. The van der Waals surface area contributed by atoms with E-state index >= 15 is 0 Å². The largest absolute Gasteiger partial charge is 0.507 e. The molecule has 0 fully saturated rings.